The van der Waals surface area contributed by atoms with E-state index in [4.69, 9.17) is 24.1 Å². The van der Waals surface area contributed by atoms with Gasteiger partial charge in [0.1, 0.15) is 23.0 Å². The molecular weight excluding hydrogens is 829 g/mol. The highest BCUT2D eigenvalue weighted by molar-refractivity contribution is 7.26. The average molecular weight is 863 g/mol. The molecule has 0 amide bonds. The van der Waals surface area contributed by atoms with Gasteiger partial charge in [0, 0.05) is 75.6 Å². The zero-order chi connectivity index (χ0) is 43.0. The van der Waals surface area contributed by atoms with Crippen LogP contribution in [0.25, 0.3) is 125 Å². The van der Waals surface area contributed by atoms with Crippen LogP contribution in [-0.2, 0) is 0 Å². The summed E-state index contributed by atoms with van der Waals surface area (Å²) in [4.78, 5) is 16.3. The van der Waals surface area contributed by atoms with E-state index >= 15 is 0 Å². The normalized spacial score (nSPS) is 15.6. The lowest BCUT2D eigenvalue weighted by Crippen LogP contribution is -2.15. The van der Waals surface area contributed by atoms with E-state index in [9.17, 15) is 0 Å². The molecule has 0 spiro atoms. The predicted molar refractivity (Wildman–Crippen MR) is 271 cm³/mol. The van der Waals surface area contributed by atoms with Gasteiger partial charge in [0.2, 0.25) is 0 Å². The Balaban J connectivity index is 1.04. The summed E-state index contributed by atoms with van der Waals surface area (Å²) in [6, 6.07) is 60.7. The first-order chi connectivity index (χ1) is 32.7. The van der Waals surface area contributed by atoms with Gasteiger partial charge in [-0.15, -0.1) is 11.3 Å². The number of fused-ring (bicyclic) bond motifs is 15. The molecule has 0 fully saturated rings. The highest BCUT2D eigenvalue weighted by atomic mass is 32.1. The fraction of sp³-hybridized carbons (Fsp3) is 0.0339. The molecule has 7 heteroatoms. The molecular formula is C59H34N4O2S. The van der Waals surface area contributed by atoms with E-state index in [-0.39, 0.29) is 12.0 Å². The number of para-hydroxylation sites is 2. The zero-order valence-electron chi connectivity index (χ0n) is 35.1. The summed E-state index contributed by atoms with van der Waals surface area (Å²) in [5.41, 5.74) is 8.87. The van der Waals surface area contributed by atoms with Crippen LogP contribution in [0.3, 0.4) is 0 Å². The summed E-state index contributed by atoms with van der Waals surface area (Å²) in [6.07, 6.45) is 8.49. The molecule has 0 saturated heterocycles. The number of allylic oxidation sites excluding steroid dienone is 2. The van der Waals surface area contributed by atoms with Crippen LogP contribution in [0.4, 0.5) is 0 Å². The van der Waals surface area contributed by atoms with E-state index in [1.807, 2.05) is 29.5 Å². The summed E-state index contributed by atoms with van der Waals surface area (Å²) in [6.45, 7) is 0. The summed E-state index contributed by atoms with van der Waals surface area (Å²) < 4.78 is 17.5. The maximum absolute atomic E-state index is 6.40. The Kier molecular flexibility index (Phi) is 7.40. The van der Waals surface area contributed by atoms with Crippen molar-refractivity contribution in [1.29, 1.82) is 0 Å². The second-order valence-corrected chi connectivity index (χ2v) is 18.5. The first-order valence-corrected chi connectivity index (χ1v) is 23.1. The summed E-state index contributed by atoms with van der Waals surface area (Å²) in [5.74, 6) is 2.80. The number of furan rings is 1. The van der Waals surface area contributed by atoms with Crippen molar-refractivity contribution in [1.82, 2.24) is 19.5 Å². The first-order valence-electron chi connectivity index (χ1n) is 22.3. The van der Waals surface area contributed by atoms with Crippen LogP contribution in [0.1, 0.15) is 11.5 Å². The van der Waals surface area contributed by atoms with Crippen molar-refractivity contribution in [2.75, 3.05) is 0 Å². The third-order valence-corrected chi connectivity index (χ3v) is 14.9. The van der Waals surface area contributed by atoms with Crippen molar-refractivity contribution in [3.05, 3.63) is 200 Å². The van der Waals surface area contributed by atoms with Crippen LogP contribution in [0.5, 0.6) is 5.75 Å². The maximum Gasteiger partial charge on any atom is 0.164 e. The van der Waals surface area contributed by atoms with Crippen molar-refractivity contribution >= 4 is 96.8 Å². The molecule has 0 radical (unpaired) electrons. The molecule has 0 saturated carbocycles. The predicted octanol–water partition coefficient (Wildman–Crippen LogP) is 15.5. The number of aromatic nitrogens is 4. The maximum atomic E-state index is 6.40. The molecule has 2 atom stereocenters. The van der Waals surface area contributed by atoms with Crippen molar-refractivity contribution in [3.8, 4) is 45.6 Å². The summed E-state index contributed by atoms with van der Waals surface area (Å²) in [5, 5.41) is 11.7. The Morgan fingerprint density at radius 2 is 1.20 bits per heavy atom. The smallest absolute Gasteiger partial charge is 0.164 e. The lowest BCUT2D eigenvalue weighted by Gasteiger charge is -2.14. The van der Waals surface area contributed by atoms with Gasteiger partial charge >= 0.3 is 0 Å². The molecule has 1 aliphatic carbocycles. The number of thiophene rings is 1. The van der Waals surface area contributed by atoms with Crippen LogP contribution in [0, 0.1) is 0 Å². The standard InChI is InChI=1S/C59H34N4O2S/c1-2-13-35-30-49-44(27-34(35)12-1)40-15-5-8-18-48(40)63(49)38-31-47(55-43-24-21-33-11-3-4-14-39(33)56(43)66-54(55)32-38)59-61-57(36-22-25-52-45(28-36)41-16-6-9-19-50(41)64-52)60-58(62-59)37-23-26-53-46(29-37)42-17-7-10-20-51(42)65-53/h1-32,41,50H. The van der Waals surface area contributed by atoms with Gasteiger partial charge in [-0.05, 0) is 100 Å². The van der Waals surface area contributed by atoms with Gasteiger partial charge in [0.25, 0.3) is 0 Å². The molecule has 2 aliphatic rings. The lowest BCUT2D eigenvalue weighted by molar-refractivity contribution is 0.269. The van der Waals surface area contributed by atoms with Gasteiger partial charge in [-0.3, -0.25) is 0 Å². The molecule has 13 aromatic rings. The van der Waals surface area contributed by atoms with Gasteiger partial charge in [-0.25, -0.2) is 15.0 Å². The van der Waals surface area contributed by atoms with Gasteiger partial charge < -0.3 is 13.7 Å². The fourth-order valence-corrected chi connectivity index (χ4v) is 12.0. The number of nitrogens with zero attached hydrogens (tertiary/aromatic N) is 4. The molecule has 66 heavy (non-hydrogen) atoms. The zero-order valence-corrected chi connectivity index (χ0v) is 36.0. The van der Waals surface area contributed by atoms with E-state index in [0.29, 0.717) is 17.5 Å². The second-order valence-electron chi connectivity index (χ2n) is 17.4. The minimum Gasteiger partial charge on any atom is -0.485 e. The van der Waals surface area contributed by atoms with Gasteiger partial charge in [0.15, 0.2) is 17.5 Å². The molecule has 15 rings (SSSR count). The molecule has 0 bridgehead atoms. The van der Waals surface area contributed by atoms with Crippen LogP contribution in [0.2, 0.25) is 0 Å². The number of ether oxygens (including phenoxy) is 1. The highest BCUT2D eigenvalue weighted by Gasteiger charge is 2.32. The highest BCUT2D eigenvalue weighted by Crippen LogP contribution is 2.47. The Morgan fingerprint density at radius 3 is 2.09 bits per heavy atom. The first kappa shape index (κ1) is 36.0. The van der Waals surface area contributed by atoms with E-state index in [2.05, 4.69) is 181 Å². The largest absolute Gasteiger partial charge is 0.485 e. The Morgan fingerprint density at radius 1 is 0.485 bits per heavy atom. The van der Waals surface area contributed by atoms with Gasteiger partial charge in [0.05, 0.1) is 11.0 Å². The second kappa shape index (κ2) is 13.6. The number of hydrogen-bond acceptors (Lipinski definition) is 6. The third kappa shape index (κ3) is 5.26. The SMILES string of the molecule is C1=CC2Oc3ccc(-c4nc(-c5ccc6oc7ccccc7c6c5)nc(-c5cc(-n6c7ccccc7c7cc8ccccc8cc76)cc6sc7c8ccccc8ccc7c56)n4)cc3C2C=C1. The molecule has 2 unspecified atom stereocenters. The van der Waals surface area contributed by atoms with Crippen LogP contribution >= 0.6 is 11.3 Å². The lowest BCUT2D eigenvalue weighted by atomic mass is 9.91. The van der Waals surface area contributed by atoms with E-state index in [1.165, 1.54) is 42.4 Å². The minimum absolute atomic E-state index is 0.0287. The third-order valence-electron chi connectivity index (χ3n) is 13.7. The minimum atomic E-state index is -0.0287. The molecule has 6 nitrogen and oxygen atoms in total. The fourth-order valence-electron chi connectivity index (χ4n) is 10.7. The Bertz CT molecular complexity index is 4300. The molecule has 5 heterocycles. The molecule has 308 valence electrons. The van der Waals surface area contributed by atoms with E-state index in [0.717, 1.165) is 76.7 Å². The Labute approximate surface area is 381 Å². The Hall–Kier alpha value is -8.39. The molecule has 9 aromatic carbocycles. The van der Waals surface area contributed by atoms with Gasteiger partial charge in [-0.1, -0.05) is 115 Å². The molecule has 0 N–H and O–H groups in total. The van der Waals surface area contributed by atoms with Crippen molar-refractivity contribution in [3.63, 3.8) is 0 Å². The average Bonchev–Trinajstić information content (AvgIpc) is 4.14. The topological polar surface area (TPSA) is 66.0 Å². The molecule has 1 aliphatic heterocycles. The van der Waals surface area contributed by atoms with E-state index in [1.54, 1.807) is 0 Å². The summed E-state index contributed by atoms with van der Waals surface area (Å²) in [7, 11) is 0. The number of rotatable bonds is 4. The van der Waals surface area contributed by atoms with Gasteiger partial charge in [-0.2, -0.15) is 0 Å². The van der Waals surface area contributed by atoms with Crippen LogP contribution in [-0.4, -0.2) is 25.6 Å². The van der Waals surface area contributed by atoms with Crippen LogP contribution in [0.15, 0.2) is 199 Å². The van der Waals surface area contributed by atoms with Crippen LogP contribution < -0.4 is 4.74 Å². The van der Waals surface area contributed by atoms with Crippen molar-refractivity contribution in [2.45, 2.75) is 12.0 Å². The summed E-state index contributed by atoms with van der Waals surface area (Å²) >= 11 is 1.83. The van der Waals surface area contributed by atoms with Crippen molar-refractivity contribution < 1.29 is 9.15 Å². The monoisotopic (exact) mass is 862 g/mol. The van der Waals surface area contributed by atoms with Crippen molar-refractivity contribution in [2.24, 2.45) is 0 Å². The number of benzene rings is 9. The van der Waals surface area contributed by atoms with E-state index < -0.39 is 0 Å². The quantitative estimate of drug-likeness (QED) is 0.176. The molecule has 4 aromatic heterocycles. The number of hydrogen-bond donors (Lipinski definition) is 0.